The molecular formula is C23H26ClN3O2. The molecule has 0 N–H and O–H groups in total. The van der Waals surface area contributed by atoms with E-state index in [-0.39, 0.29) is 5.56 Å². The number of piperidine rings is 1. The zero-order chi connectivity index (χ0) is 20.2. The van der Waals surface area contributed by atoms with Crippen LogP contribution in [0, 0.1) is 6.92 Å². The van der Waals surface area contributed by atoms with Gasteiger partial charge in [-0.3, -0.25) is 9.36 Å². The van der Waals surface area contributed by atoms with Gasteiger partial charge in [-0.15, -0.1) is 0 Å². The summed E-state index contributed by atoms with van der Waals surface area (Å²) in [5, 5.41) is 1.00. The van der Waals surface area contributed by atoms with Crippen molar-refractivity contribution < 1.29 is 4.74 Å². The number of hydrogen-bond donors (Lipinski definition) is 0. The lowest BCUT2D eigenvalue weighted by Crippen LogP contribution is -2.31. The maximum atomic E-state index is 13.0. The van der Waals surface area contributed by atoms with Gasteiger partial charge < -0.3 is 9.64 Å². The molecule has 1 fully saturated rings. The summed E-state index contributed by atoms with van der Waals surface area (Å²) in [5.74, 6) is 1.42. The van der Waals surface area contributed by atoms with E-state index in [0.717, 1.165) is 24.4 Å². The molecule has 2 heterocycles. The second-order valence-corrected chi connectivity index (χ2v) is 7.94. The van der Waals surface area contributed by atoms with Crippen LogP contribution in [0.5, 0.6) is 5.75 Å². The lowest BCUT2D eigenvalue weighted by molar-refractivity contribution is 0.205. The molecule has 4 rings (SSSR count). The second kappa shape index (κ2) is 8.97. The molecular weight excluding hydrogens is 386 g/mol. The molecule has 1 aromatic heterocycles. The number of nitrogens with zero attached hydrogens (tertiary/aromatic N) is 3. The Bertz CT molecular complexity index is 1040. The third-order valence-electron chi connectivity index (χ3n) is 5.45. The molecule has 29 heavy (non-hydrogen) atoms. The summed E-state index contributed by atoms with van der Waals surface area (Å²) in [5.41, 5.74) is 1.19. The van der Waals surface area contributed by atoms with E-state index >= 15 is 0 Å². The van der Waals surface area contributed by atoms with Crippen LogP contribution in [0.4, 0.5) is 0 Å². The third kappa shape index (κ3) is 4.46. The molecule has 0 aliphatic carbocycles. The first kappa shape index (κ1) is 19.9. The summed E-state index contributed by atoms with van der Waals surface area (Å²) < 4.78 is 7.50. The summed E-state index contributed by atoms with van der Waals surface area (Å²) in [7, 11) is 0. The summed E-state index contributed by atoms with van der Waals surface area (Å²) in [6, 6.07) is 12.9. The number of rotatable bonds is 6. The Labute approximate surface area is 175 Å². The topological polar surface area (TPSA) is 47.4 Å². The monoisotopic (exact) mass is 411 g/mol. The number of aromatic nitrogens is 2. The van der Waals surface area contributed by atoms with Gasteiger partial charge in [0.2, 0.25) is 0 Å². The fourth-order valence-electron chi connectivity index (χ4n) is 3.94. The van der Waals surface area contributed by atoms with E-state index in [1.165, 1.54) is 32.4 Å². The largest absolute Gasteiger partial charge is 0.494 e. The molecule has 3 aromatic rings. The minimum Gasteiger partial charge on any atom is -0.494 e. The van der Waals surface area contributed by atoms with Crippen LogP contribution in [0.25, 0.3) is 16.6 Å². The molecule has 1 saturated heterocycles. The van der Waals surface area contributed by atoms with Crippen molar-refractivity contribution in [3.05, 3.63) is 63.7 Å². The zero-order valence-electron chi connectivity index (χ0n) is 16.7. The van der Waals surface area contributed by atoms with Crippen LogP contribution < -0.4 is 10.3 Å². The van der Waals surface area contributed by atoms with Gasteiger partial charge in [0.05, 0.1) is 28.2 Å². The molecule has 1 aliphatic rings. The predicted molar refractivity (Wildman–Crippen MR) is 117 cm³/mol. The minimum absolute atomic E-state index is 0.120. The Hall–Kier alpha value is -2.37. The van der Waals surface area contributed by atoms with Crippen LogP contribution in [-0.4, -0.2) is 40.7 Å². The molecule has 6 heteroatoms. The van der Waals surface area contributed by atoms with Gasteiger partial charge in [0.1, 0.15) is 11.6 Å². The number of hydrogen-bond acceptors (Lipinski definition) is 4. The molecule has 0 unspecified atom stereocenters. The summed E-state index contributed by atoms with van der Waals surface area (Å²) >= 11 is 6.20. The standard InChI is InChI=1S/C23H26ClN3O2/c1-17-25-22-20(7-5-8-21(22)24)23(28)27(17)18-9-11-19(12-10-18)29-16-6-15-26-13-3-2-4-14-26/h5,7-12H,2-4,6,13-16H2,1H3. The van der Waals surface area contributed by atoms with Gasteiger partial charge in [-0.1, -0.05) is 24.1 Å². The molecule has 0 bridgehead atoms. The number of halogens is 1. The fourth-order valence-corrected chi connectivity index (χ4v) is 4.15. The van der Waals surface area contributed by atoms with E-state index in [9.17, 15) is 4.79 Å². The molecule has 0 atom stereocenters. The molecule has 152 valence electrons. The number of ether oxygens (including phenoxy) is 1. The number of para-hydroxylation sites is 1. The van der Waals surface area contributed by atoms with Crippen molar-refractivity contribution in [3.8, 4) is 11.4 Å². The van der Waals surface area contributed by atoms with Gasteiger partial charge in [0.25, 0.3) is 5.56 Å². The van der Waals surface area contributed by atoms with Crippen LogP contribution in [-0.2, 0) is 0 Å². The van der Waals surface area contributed by atoms with Gasteiger partial charge in [0, 0.05) is 6.54 Å². The van der Waals surface area contributed by atoms with E-state index in [1.807, 2.05) is 31.2 Å². The number of aryl methyl sites for hydroxylation is 1. The van der Waals surface area contributed by atoms with Gasteiger partial charge in [-0.05, 0) is 75.7 Å². The van der Waals surface area contributed by atoms with Crippen LogP contribution in [0.15, 0.2) is 47.3 Å². The minimum atomic E-state index is -0.120. The Balaban J connectivity index is 1.44. The van der Waals surface area contributed by atoms with Crippen molar-refractivity contribution in [3.63, 3.8) is 0 Å². The normalized spacial score (nSPS) is 15.0. The Morgan fingerprint density at radius 3 is 2.59 bits per heavy atom. The first-order chi connectivity index (χ1) is 14.1. The maximum absolute atomic E-state index is 13.0. The lowest BCUT2D eigenvalue weighted by atomic mass is 10.1. The molecule has 0 saturated carbocycles. The molecule has 5 nitrogen and oxygen atoms in total. The Kier molecular flexibility index (Phi) is 6.16. The number of fused-ring (bicyclic) bond motifs is 1. The van der Waals surface area contributed by atoms with Crippen molar-refractivity contribution >= 4 is 22.5 Å². The summed E-state index contributed by atoms with van der Waals surface area (Å²) in [4.78, 5) is 20.0. The van der Waals surface area contributed by atoms with Crippen LogP contribution in [0.3, 0.4) is 0 Å². The zero-order valence-corrected chi connectivity index (χ0v) is 17.5. The van der Waals surface area contributed by atoms with E-state index in [1.54, 1.807) is 22.8 Å². The van der Waals surface area contributed by atoms with Crippen molar-refractivity contribution in [2.24, 2.45) is 0 Å². The van der Waals surface area contributed by atoms with Gasteiger partial charge >= 0.3 is 0 Å². The Morgan fingerprint density at radius 2 is 1.83 bits per heavy atom. The van der Waals surface area contributed by atoms with Crippen LogP contribution in [0.2, 0.25) is 5.02 Å². The van der Waals surface area contributed by atoms with Crippen molar-refractivity contribution in [1.82, 2.24) is 14.5 Å². The second-order valence-electron chi connectivity index (χ2n) is 7.53. The smallest absolute Gasteiger partial charge is 0.266 e. The molecule has 2 aromatic carbocycles. The van der Waals surface area contributed by atoms with Gasteiger partial charge in [-0.25, -0.2) is 4.98 Å². The quantitative estimate of drug-likeness (QED) is 0.556. The fraction of sp³-hybridized carbons (Fsp3) is 0.391. The van der Waals surface area contributed by atoms with Crippen LogP contribution in [0.1, 0.15) is 31.5 Å². The highest BCUT2D eigenvalue weighted by Crippen LogP contribution is 2.21. The van der Waals surface area contributed by atoms with Crippen molar-refractivity contribution in [2.45, 2.75) is 32.6 Å². The van der Waals surface area contributed by atoms with E-state index in [0.29, 0.717) is 28.4 Å². The molecule has 0 amide bonds. The molecule has 1 aliphatic heterocycles. The first-order valence-corrected chi connectivity index (χ1v) is 10.6. The Morgan fingerprint density at radius 1 is 1.07 bits per heavy atom. The van der Waals surface area contributed by atoms with Gasteiger partial charge in [-0.2, -0.15) is 0 Å². The highest BCUT2D eigenvalue weighted by Gasteiger charge is 2.12. The average molecular weight is 412 g/mol. The van der Waals surface area contributed by atoms with Gasteiger partial charge in [0.15, 0.2) is 0 Å². The highest BCUT2D eigenvalue weighted by atomic mass is 35.5. The predicted octanol–water partition coefficient (Wildman–Crippen LogP) is 4.60. The molecule has 0 radical (unpaired) electrons. The van der Waals surface area contributed by atoms with E-state index in [2.05, 4.69) is 9.88 Å². The van der Waals surface area contributed by atoms with Crippen LogP contribution >= 0.6 is 11.6 Å². The third-order valence-corrected chi connectivity index (χ3v) is 5.75. The highest BCUT2D eigenvalue weighted by molar-refractivity contribution is 6.34. The van der Waals surface area contributed by atoms with Crippen molar-refractivity contribution in [1.29, 1.82) is 0 Å². The summed E-state index contributed by atoms with van der Waals surface area (Å²) in [6.07, 6.45) is 5.02. The maximum Gasteiger partial charge on any atom is 0.266 e. The first-order valence-electron chi connectivity index (χ1n) is 10.3. The van der Waals surface area contributed by atoms with Crippen molar-refractivity contribution in [2.75, 3.05) is 26.2 Å². The lowest BCUT2D eigenvalue weighted by Gasteiger charge is -2.26. The van der Waals surface area contributed by atoms with E-state index < -0.39 is 0 Å². The molecule has 0 spiro atoms. The van der Waals surface area contributed by atoms with E-state index in [4.69, 9.17) is 16.3 Å². The number of benzene rings is 2. The summed E-state index contributed by atoms with van der Waals surface area (Å²) in [6.45, 7) is 6.04. The number of likely N-dealkylation sites (tertiary alicyclic amines) is 1. The SMILES string of the molecule is Cc1nc2c(Cl)cccc2c(=O)n1-c1ccc(OCCCN2CCCCC2)cc1. The average Bonchev–Trinajstić information content (AvgIpc) is 2.74.